The van der Waals surface area contributed by atoms with Gasteiger partial charge in [0.25, 0.3) is 5.91 Å². The molecule has 0 radical (unpaired) electrons. The van der Waals surface area contributed by atoms with Gasteiger partial charge in [-0.2, -0.15) is 0 Å². The number of amides is 2. The fourth-order valence-electron chi connectivity index (χ4n) is 3.60. The van der Waals surface area contributed by atoms with Crippen LogP contribution in [0.4, 0.5) is 5.13 Å². The SMILES string of the molecule is CC(=O)Nc1nc(C(=O)N2CCC[C@@H]2C2CCCC2)cs1. The van der Waals surface area contributed by atoms with Gasteiger partial charge in [-0.25, -0.2) is 4.98 Å². The Morgan fingerprint density at radius 3 is 2.76 bits per heavy atom. The highest BCUT2D eigenvalue weighted by Gasteiger charge is 2.36. The van der Waals surface area contributed by atoms with Crippen molar-refractivity contribution in [1.29, 1.82) is 0 Å². The Bertz CT molecular complexity index is 537. The number of carbonyl (C=O) groups excluding carboxylic acids is 2. The molecule has 1 aliphatic heterocycles. The fourth-order valence-corrected chi connectivity index (χ4v) is 4.33. The molecule has 0 aromatic carbocycles. The van der Waals surface area contributed by atoms with E-state index < -0.39 is 0 Å². The summed E-state index contributed by atoms with van der Waals surface area (Å²) in [5, 5.41) is 4.88. The van der Waals surface area contributed by atoms with Crippen molar-refractivity contribution < 1.29 is 9.59 Å². The van der Waals surface area contributed by atoms with Crippen LogP contribution in [0.25, 0.3) is 0 Å². The molecule has 1 aromatic heterocycles. The van der Waals surface area contributed by atoms with Crippen molar-refractivity contribution in [2.75, 3.05) is 11.9 Å². The molecule has 114 valence electrons. The first-order valence-corrected chi connectivity index (χ1v) is 8.57. The van der Waals surface area contributed by atoms with Gasteiger partial charge in [-0.1, -0.05) is 12.8 Å². The summed E-state index contributed by atoms with van der Waals surface area (Å²) in [4.78, 5) is 30.0. The summed E-state index contributed by atoms with van der Waals surface area (Å²) in [5.74, 6) is 0.538. The summed E-state index contributed by atoms with van der Waals surface area (Å²) < 4.78 is 0. The molecular formula is C15H21N3O2S. The van der Waals surface area contributed by atoms with Crippen LogP contribution in [0, 0.1) is 5.92 Å². The third kappa shape index (κ3) is 3.10. The average molecular weight is 307 g/mol. The van der Waals surface area contributed by atoms with Gasteiger partial charge in [0, 0.05) is 24.9 Å². The maximum atomic E-state index is 12.7. The number of thiazole rings is 1. The highest BCUT2D eigenvalue weighted by atomic mass is 32.1. The highest BCUT2D eigenvalue weighted by Crippen LogP contribution is 2.36. The van der Waals surface area contributed by atoms with E-state index in [0.29, 0.717) is 22.8 Å². The third-order valence-corrected chi connectivity index (χ3v) is 5.27. The Morgan fingerprint density at radius 2 is 2.05 bits per heavy atom. The van der Waals surface area contributed by atoms with Crippen LogP contribution in [0.1, 0.15) is 55.9 Å². The largest absolute Gasteiger partial charge is 0.334 e. The van der Waals surface area contributed by atoms with Crippen LogP contribution < -0.4 is 5.32 Å². The molecule has 2 aliphatic rings. The minimum absolute atomic E-state index is 0.0252. The Kier molecular flexibility index (Phi) is 4.24. The van der Waals surface area contributed by atoms with Crippen molar-refractivity contribution in [3.8, 4) is 0 Å². The molecule has 1 atom stereocenters. The van der Waals surface area contributed by atoms with Gasteiger partial charge in [-0.15, -0.1) is 11.3 Å². The summed E-state index contributed by atoms with van der Waals surface area (Å²) >= 11 is 1.31. The lowest BCUT2D eigenvalue weighted by molar-refractivity contribution is -0.114. The smallest absolute Gasteiger partial charge is 0.273 e. The van der Waals surface area contributed by atoms with Crippen LogP contribution in [0.5, 0.6) is 0 Å². The van der Waals surface area contributed by atoms with Gasteiger partial charge in [0.15, 0.2) is 5.13 Å². The molecule has 1 aromatic rings. The maximum Gasteiger partial charge on any atom is 0.273 e. The topological polar surface area (TPSA) is 62.3 Å². The summed E-state index contributed by atoms with van der Waals surface area (Å²) in [5.41, 5.74) is 0.466. The molecule has 6 heteroatoms. The molecule has 2 amide bonds. The molecule has 3 rings (SSSR count). The average Bonchev–Trinajstić information content (AvgIpc) is 3.18. The molecule has 5 nitrogen and oxygen atoms in total. The number of anilines is 1. The fraction of sp³-hybridized carbons (Fsp3) is 0.667. The number of hydrogen-bond acceptors (Lipinski definition) is 4. The van der Waals surface area contributed by atoms with Crippen molar-refractivity contribution in [2.24, 2.45) is 5.92 Å². The first kappa shape index (κ1) is 14.5. The predicted octanol–water partition coefficient (Wildman–Crippen LogP) is 2.90. The second-order valence-electron chi connectivity index (χ2n) is 5.97. The second kappa shape index (κ2) is 6.13. The first-order chi connectivity index (χ1) is 10.1. The standard InChI is InChI=1S/C15H21N3O2S/c1-10(19)16-15-17-12(9-21-15)14(20)18-8-4-7-13(18)11-5-2-3-6-11/h9,11,13H,2-8H2,1H3,(H,16,17,19)/t13-/m1/s1. The van der Waals surface area contributed by atoms with Crippen molar-refractivity contribution in [3.63, 3.8) is 0 Å². The van der Waals surface area contributed by atoms with Crippen molar-refractivity contribution >= 4 is 28.3 Å². The number of nitrogens with zero attached hydrogens (tertiary/aromatic N) is 2. The third-order valence-electron chi connectivity index (χ3n) is 4.51. The van der Waals surface area contributed by atoms with Crippen molar-refractivity contribution in [2.45, 2.75) is 51.5 Å². The van der Waals surface area contributed by atoms with Crippen LogP contribution in [-0.2, 0) is 4.79 Å². The van der Waals surface area contributed by atoms with Crippen LogP contribution in [-0.4, -0.2) is 34.3 Å². The molecule has 21 heavy (non-hydrogen) atoms. The van der Waals surface area contributed by atoms with Crippen molar-refractivity contribution in [1.82, 2.24) is 9.88 Å². The van der Waals surface area contributed by atoms with Crippen LogP contribution in [0.3, 0.4) is 0 Å². The lowest BCUT2D eigenvalue weighted by atomic mass is 9.96. The lowest BCUT2D eigenvalue weighted by Crippen LogP contribution is -2.39. The normalized spacial score (nSPS) is 22.7. The number of carbonyl (C=O) groups is 2. The number of rotatable bonds is 3. The van der Waals surface area contributed by atoms with Crippen LogP contribution >= 0.6 is 11.3 Å². The van der Waals surface area contributed by atoms with E-state index in [2.05, 4.69) is 10.3 Å². The van der Waals surface area contributed by atoms with Gasteiger partial charge in [-0.05, 0) is 31.6 Å². The van der Waals surface area contributed by atoms with E-state index in [0.717, 1.165) is 19.4 Å². The van der Waals surface area contributed by atoms with Gasteiger partial charge in [0.2, 0.25) is 5.91 Å². The zero-order valence-corrected chi connectivity index (χ0v) is 13.1. The summed E-state index contributed by atoms with van der Waals surface area (Å²) in [7, 11) is 0. The molecular weight excluding hydrogens is 286 g/mol. The number of hydrogen-bond donors (Lipinski definition) is 1. The molecule has 1 aliphatic carbocycles. The Hall–Kier alpha value is -1.43. The number of nitrogens with one attached hydrogen (secondary N) is 1. The summed E-state index contributed by atoms with van der Waals surface area (Å²) in [6.07, 6.45) is 7.32. The van der Waals surface area contributed by atoms with E-state index in [9.17, 15) is 9.59 Å². The molecule has 0 bridgehead atoms. The number of aromatic nitrogens is 1. The summed E-state index contributed by atoms with van der Waals surface area (Å²) in [6.45, 7) is 2.28. The van der Waals surface area contributed by atoms with E-state index >= 15 is 0 Å². The van der Waals surface area contributed by atoms with E-state index in [1.54, 1.807) is 5.38 Å². The van der Waals surface area contributed by atoms with E-state index in [4.69, 9.17) is 0 Å². The Morgan fingerprint density at radius 1 is 1.29 bits per heavy atom. The Labute approximate surface area is 128 Å². The van der Waals surface area contributed by atoms with Gasteiger partial charge in [0.05, 0.1) is 0 Å². The maximum absolute atomic E-state index is 12.7. The zero-order valence-electron chi connectivity index (χ0n) is 12.3. The second-order valence-corrected chi connectivity index (χ2v) is 6.83. The molecule has 2 heterocycles. The molecule has 1 saturated carbocycles. The zero-order chi connectivity index (χ0) is 14.8. The van der Waals surface area contributed by atoms with Crippen molar-refractivity contribution in [3.05, 3.63) is 11.1 Å². The van der Waals surface area contributed by atoms with Crippen LogP contribution in [0.15, 0.2) is 5.38 Å². The number of likely N-dealkylation sites (tertiary alicyclic amines) is 1. The van der Waals surface area contributed by atoms with E-state index in [1.165, 1.54) is 43.9 Å². The van der Waals surface area contributed by atoms with Gasteiger partial charge in [-0.3, -0.25) is 9.59 Å². The molecule has 1 saturated heterocycles. The van der Waals surface area contributed by atoms with Gasteiger partial charge in [0.1, 0.15) is 5.69 Å². The molecule has 2 fully saturated rings. The monoisotopic (exact) mass is 307 g/mol. The first-order valence-electron chi connectivity index (χ1n) is 7.69. The molecule has 0 spiro atoms. The minimum atomic E-state index is -0.159. The Balaban J connectivity index is 1.71. The molecule has 0 unspecified atom stereocenters. The minimum Gasteiger partial charge on any atom is -0.334 e. The van der Waals surface area contributed by atoms with Gasteiger partial charge >= 0.3 is 0 Å². The predicted molar refractivity (Wildman–Crippen MR) is 82.4 cm³/mol. The quantitative estimate of drug-likeness (QED) is 0.934. The van der Waals surface area contributed by atoms with Crippen LogP contribution in [0.2, 0.25) is 0 Å². The summed E-state index contributed by atoms with van der Waals surface area (Å²) in [6, 6.07) is 0.394. The highest BCUT2D eigenvalue weighted by molar-refractivity contribution is 7.14. The van der Waals surface area contributed by atoms with Gasteiger partial charge < -0.3 is 10.2 Å². The van der Waals surface area contributed by atoms with E-state index in [1.807, 2.05) is 4.90 Å². The lowest BCUT2D eigenvalue weighted by Gasteiger charge is -2.28. The molecule has 1 N–H and O–H groups in total. The van der Waals surface area contributed by atoms with E-state index in [-0.39, 0.29) is 11.8 Å².